The predicted octanol–water partition coefficient (Wildman–Crippen LogP) is 1.56. The highest BCUT2D eigenvalue weighted by Gasteiger charge is 2.12. The number of ether oxygens (including phenoxy) is 1. The molecule has 0 spiro atoms. The first-order valence-corrected chi connectivity index (χ1v) is 6.40. The van der Waals surface area contributed by atoms with Gasteiger partial charge in [-0.1, -0.05) is 23.8 Å². The summed E-state index contributed by atoms with van der Waals surface area (Å²) in [4.78, 5) is 33.9. The third kappa shape index (κ3) is 5.22. The standard InChI is InChI=1S/C15H19NO4/c1-10-4-5-13(11(2)8-10)14(18)9-20-15(19)6-7-16-12(3)17/h4-5,8H,6-7,9H2,1-3H3,(H,16,17). The second-order valence-electron chi connectivity index (χ2n) is 4.64. The molecule has 1 N–H and O–H groups in total. The van der Waals surface area contributed by atoms with E-state index in [1.54, 1.807) is 6.07 Å². The molecule has 0 aliphatic carbocycles. The van der Waals surface area contributed by atoms with E-state index >= 15 is 0 Å². The van der Waals surface area contributed by atoms with E-state index in [9.17, 15) is 14.4 Å². The summed E-state index contributed by atoms with van der Waals surface area (Å²) in [5.74, 6) is -0.934. The number of hydrogen-bond acceptors (Lipinski definition) is 4. The van der Waals surface area contributed by atoms with Gasteiger partial charge in [-0.25, -0.2) is 0 Å². The molecule has 0 heterocycles. The van der Waals surface area contributed by atoms with Crippen LogP contribution in [0.2, 0.25) is 0 Å². The van der Waals surface area contributed by atoms with E-state index in [0.717, 1.165) is 11.1 Å². The monoisotopic (exact) mass is 277 g/mol. The smallest absolute Gasteiger partial charge is 0.308 e. The van der Waals surface area contributed by atoms with Crippen molar-refractivity contribution in [2.45, 2.75) is 27.2 Å². The van der Waals surface area contributed by atoms with Crippen molar-refractivity contribution in [3.05, 3.63) is 34.9 Å². The Morgan fingerprint density at radius 2 is 1.90 bits per heavy atom. The minimum atomic E-state index is -0.503. The lowest BCUT2D eigenvalue weighted by Crippen LogP contribution is -2.24. The van der Waals surface area contributed by atoms with Crippen molar-refractivity contribution in [2.24, 2.45) is 0 Å². The molecule has 1 amide bonds. The average molecular weight is 277 g/mol. The van der Waals surface area contributed by atoms with Gasteiger partial charge in [-0.3, -0.25) is 14.4 Å². The average Bonchev–Trinajstić information content (AvgIpc) is 2.35. The molecule has 0 saturated heterocycles. The van der Waals surface area contributed by atoms with Gasteiger partial charge in [0.1, 0.15) is 0 Å². The minimum Gasteiger partial charge on any atom is -0.457 e. The van der Waals surface area contributed by atoms with Crippen LogP contribution >= 0.6 is 0 Å². The number of ketones is 1. The maximum absolute atomic E-state index is 11.9. The van der Waals surface area contributed by atoms with Gasteiger partial charge in [0.05, 0.1) is 6.42 Å². The van der Waals surface area contributed by atoms with Crippen molar-refractivity contribution in [3.63, 3.8) is 0 Å². The molecule has 0 fully saturated rings. The van der Waals surface area contributed by atoms with E-state index in [2.05, 4.69) is 5.32 Å². The van der Waals surface area contributed by atoms with Gasteiger partial charge in [-0.05, 0) is 19.4 Å². The highest BCUT2D eigenvalue weighted by molar-refractivity contribution is 5.99. The molecule has 0 aliphatic heterocycles. The number of esters is 1. The SMILES string of the molecule is CC(=O)NCCC(=O)OCC(=O)c1ccc(C)cc1C. The summed E-state index contributed by atoms with van der Waals surface area (Å²) in [6.45, 7) is 5.10. The van der Waals surface area contributed by atoms with Crippen molar-refractivity contribution in [2.75, 3.05) is 13.2 Å². The Labute approximate surface area is 118 Å². The van der Waals surface area contributed by atoms with Gasteiger partial charge in [-0.15, -0.1) is 0 Å². The van der Waals surface area contributed by atoms with Crippen molar-refractivity contribution >= 4 is 17.7 Å². The van der Waals surface area contributed by atoms with Crippen LogP contribution in [0.5, 0.6) is 0 Å². The molecule has 1 aromatic carbocycles. The fourth-order valence-electron chi connectivity index (χ4n) is 1.76. The van der Waals surface area contributed by atoms with Gasteiger partial charge < -0.3 is 10.1 Å². The predicted molar refractivity (Wildman–Crippen MR) is 74.5 cm³/mol. The molecule has 5 nitrogen and oxygen atoms in total. The summed E-state index contributed by atoms with van der Waals surface area (Å²) >= 11 is 0. The molecule has 0 atom stereocenters. The second-order valence-corrected chi connectivity index (χ2v) is 4.64. The summed E-state index contributed by atoms with van der Waals surface area (Å²) in [6.07, 6.45) is 0.0553. The van der Waals surface area contributed by atoms with Crippen LogP contribution in [0.4, 0.5) is 0 Å². The first-order valence-electron chi connectivity index (χ1n) is 6.40. The first kappa shape index (κ1) is 15.9. The Morgan fingerprint density at radius 1 is 1.20 bits per heavy atom. The Kier molecular flexibility index (Phi) is 5.90. The van der Waals surface area contributed by atoms with Gasteiger partial charge in [0.25, 0.3) is 0 Å². The number of rotatable bonds is 6. The van der Waals surface area contributed by atoms with E-state index in [4.69, 9.17) is 4.74 Å². The summed E-state index contributed by atoms with van der Waals surface area (Å²) < 4.78 is 4.89. The normalized spacial score (nSPS) is 9.95. The maximum Gasteiger partial charge on any atom is 0.308 e. The van der Waals surface area contributed by atoms with Crippen LogP contribution in [0.3, 0.4) is 0 Å². The number of amides is 1. The lowest BCUT2D eigenvalue weighted by Gasteiger charge is -2.07. The highest BCUT2D eigenvalue weighted by atomic mass is 16.5. The van der Waals surface area contributed by atoms with Gasteiger partial charge in [0.2, 0.25) is 11.7 Å². The van der Waals surface area contributed by atoms with Crippen molar-refractivity contribution in [3.8, 4) is 0 Å². The number of nitrogens with one attached hydrogen (secondary N) is 1. The first-order chi connectivity index (χ1) is 9.40. The van der Waals surface area contributed by atoms with Gasteiger partial charge >= 0.3 is 5.97 Å². The van der Waals surface area contributed by atoms with Crippen LogP contribution in [0.1, 0.15) is 34.8 Å². The summed E-state index contributed by atoms with van der Waals surface area (Å²) in [5.41, 5.74) is 2.50. The van der Waals surface area contributed by atoms with Crippen molar-refractivity contribution in [1.29, 1.82) is 0 Å². The van der Waals surface area contributed by atoms with Crippen LogP contribution in [-0.2, 0) is 14.3 Å². The fourth-order valence-corrected chi connectivity index (χ4v) is 1.76. The Hall–Kier alpha value is -2.17. The van der Waals surface area contributed by atoms with Crippen LogP contribution in [0, 0.1) is 13.8 Å². The summed E-state index contributed by atoms with van der Waals surface area (Å²) in [5, 5.41) is 2.49. The zero-order valence-electron chi connectivity index (χ0n) is 12.0. The molecule has 0 aromatic heterocycles. The quantitative estimate of drug-likeness (QED) is 0.632. The van der Waals surface area contributed by atoms with Crippen molar-refractivity contribution < 1.29 is 19.1 Å². The minimum absolute atomic E-state index is 0.0553. The molecule has 1 rings (SSSR count). The molecule has 0 radical (unpaired) electrons. The molecule has 108 valence electrons. The van der Waals surface area contributed by atoms with E-state index in [-0.39, 0.29) is 31.3 Å². The number of benzene rings is 1. The third-order valence-corrected chi connectivity index (χ3v) is 2.75. The van der Waals surface area contributed by atoms with Gasteiger partial charge in [0.15, 0.2) is 6.61 Å². The number of hydrogen-bond donors (Lipinski definition) is 1. The zero-order valence-corrected chi connectivity index (χ0v) is 12.0. The molecule has 0 unspecified atom stereocenters. The topological polar surface area (TPSA) is 72.5 Å². The molecule has 1 aromatic rings. The van der Waals surface area contributed by atoms with E-state index in [1.165, 1.54) is 6.92 Å². The Morgan fingerprint density at radius 3 is 2.50 bits per heavy atom. The molecule has 0 aliphatic rings. The number of carbonyl (C=O) groups is 3. The molecule has 5 heteroatoms. The van der Waals surface area contributed by atoms with Crippen molar-refractivity contribution in [1.82, 2.24) is 5.32 Å². The summed E-state index contributed by atoms with van der Waals surface area (Å²) in [7, 11) is 0. The van der Waals surface area contributed by atoms with Crippen LogP contribution in [0.25, 0.3) is 0 Å². The number of carbonyl (C=O) groups excluding carboxylic acids is 3. The van der Waals surface area contributed by atoms with E-state index < -0.39 is 5.97 Å². The van der Waals surface area contributed by atoms with Crippen LogP contribution < -0.4 is 5.32 Å². The number of aryl methyl sites for hydroxylation is 2. The maximum atomic E-state index is 11.9. The van der Waals surface area contributed by atoms with E-state index in [1.807, 2.05) is 26.0 Å². The molecular weight excluding hydrogens is 258 g/mol. The highest BCUT2D eigenvalue weighted by Crippen LogP contribution is 2.11. The van der Waals surface area contributed by atoms with E-state index in [0.29, 0.717) is 5.56 Å². The van der Waals surface area contributed by atoms with Crippen LogP contribution in [0.15, 0.2) is 18.2 Å². The molecule has 0 bridgehead atoms. The largest absolute Gasteiger partial charge is 0.457 e. The van der Waals surface area contributed by atoms with Gasteiger partial charge in [-0.2, -0.15) is 0 Å². The third-order valence-electron chi connectivity index (χ3n) is 2.75. The molecule has 0 saturated carbocycles. The van der Waals surface area contributed by atoms with Crippen LogP contribution in [-0.4, -0.2) is 30.8 Å². The fraction of sp³-hybridized carbons (Fsp3) is 0.400. The molecular formula is C15H19NO4. The Bertz CT molecular complexity index is 523. The van der Waals surface area contributed by atoms with Gasteiger partial charge in [0, 0.05) is 19.0 Å². The lowest BCUT2D eigenvalue weighted by molar-refractivity contribution is -0.142. The second kappa shape index (κ2) is 7.43. The lowest BCUT2D eigenvalue weighted by atomic mass is 10.0. The number of Topliss-reactive ketones (excluding diaryl/α,β-unsaturated/α-hetero) is 1. The Balaban J connectivity index is 2.43. The molecule has 20 heavy (non-hydrogen) atoms. The zero-order chi connectivity index (χ0) is 15.1. The summed E-state index contributed by atoms with van der Waals surface area (Å²) in [6, 6.07) is 5.49.